The molecule has 0 aromatic rings. The summed E-state index contributed by atoms with van der Waals surface area (Å²) in [5.41, 5.74) is -0.472. The van der Waals surface area contributed by atoms with Crippen LogP contribution in [0.15, 0.2) is 0 Å². The molecule has 2 saturated heterocycles. The van der Waals surface area contributed by atoms with Gasteiger partial charge in [-0.05, 0) is 45.1 Å². The Balaban J connectivity index is 1.47. The fourth-order valence-corrected chi connectivity index (χ4v) is 4.42. The molecule has 3 rings (SSSR count). The van der Waals surface area contributed by atoms with E-state index < -0.39 is 5.60 Å². The molecule has 3 unspecified atom stereocenters. The fourth-order valence-electron chi connectivity index (χ4n) is 4.42. The summed E-state index contributed by atoms with van der Waals surface area (Å²) in [6.07, 6.45) is 10.6. The van der Waals surface area contributed by atoms with Crippen LogP contribution < -0.4 is 5.32 Å². The smallest absolute Gasteiger partial charge is 0.222 e. The molecule has 3 aliphatic rings. The highest BCUT2D eigenvalue weighted by Crippen LogP contribution is 2.39. The quantitative estimate of drug-likeness (QED) is 0.838. The van der Waals surface area contributed by atoms with E-state index in [1.807, 2.05) is 4.90 Å². The number of likely N-dealkylation sites (tertiary alicyclic amines) is 1. The zero-order chi connectivity index (χ0) is 14.7. The highest BCUT2D eigenvalue weighted by Gasteiger charge is 2.43. The third kappa shape index (κ3) is 3.59. The lowest BCUT2D eigenvalue weighted by Crippen LogP contribution is -2.54. The van der Waals surface area contributed by atoms with Crippen LogP contribution in [0.4, 0.5) is 0 Å². The van der Waals surface area contributed by atoms with Crippen molar-refractivity contribution in [2.75, 3.05) is 19.6 Å². The molecule has 2 heterocycles. The van der Waals surface area contributed by atoms with Gasteiger partial charge in [0.15, 0.2) is 0 Å². The summed E-state index contributed by atoms with van der Waals surface area (Å²) in [4.78, 5) is 14.5. The maximum Gasteiger partial charge on any atom is 0.222 e. The van der Waals surface area contributed by atoms with Crippen molar-refractivity contribution in [2.45, 2.75) is 75.9 Å². The predicted octanol–water partition coefficient (Wildman–Crippen LogP) is 2.06. The molecule has 0 radical (unpaired) electrons. The molecule has 3 atom stereocenters. The number of piperidine rings is 2. The van der Waals surface area contributed by atoms with Gasteiger partial charge in [0.1, 0.15) is 0 Å². The Morgan fingerprint density at radius 3 is 2.86 bits per heavy atom. The number of nitrogens with one attached hydrogen (secondary N) is 1. The van der Waals surface area contributed by atoms with Gasteiger partial charge in [-0.25, -0.2) is 0 Å². The molecule has 1 aliphatic carbocycles. The topological polar surface area (TPSA) is 52.6 Å². The lowest BCUT2D eigenvalue weighted by molar-refractivity contribution is -0.143. The van der Waals surface area contributed by atoms with E-state index in [1.165, 1.54) is 25.7 Å². The predicted molar refractivity (Wildman–Crippen MR) is 83.0 cm³/mol. The number of fused-ring (bicyclic) bond motifs is 1. The van der Waals surface area contributed by atoms with Crippen LogP contribution in [0.3, 0.4) is 0 Å². The summed E-state index contributed by atoms with van der Waals surface area (Å²) in [6.45, 7) is 2.65. The van der Waals surface area contributed by atoms with E-state index in [4.69, 9.17) is 0 Å². The van der Waals surface area contributed by atoms with Crippen molar-refractivity contribution in [2.24, 2.45) is 5.92 Å². The number of nitrogens with zero attached hydrogens (tertiary/aromatic N) is 1. The molecular weight excluding hydrogens is 264 g/mol. The van der Waals surface area contributed by atoms with Gasteiger partial charge in [-0.15, -0.1) is 0 Å². The first kappa shape index (κ1) is 15.3. The minimum absolute atomic E-state index is 0.301. The molecule has 0 aromatic heterocycles. The van der Waals surface area contributed by atoms with E-state index in [2.05, 4.69) is 5.32 Å². The minimum atomic E-state index is -0.472. The first-order valence-electron chi connectivity index (χ1n) is 8.91. The van der Waals surface area contributed by atoms with Crippen molar-refractivity contribution >= 4 is 5.91 Å². The SMILES string of the molecule is O=C(CCC1CCCCN1)N1CCC2(O)CCCCC2C1. The van der Waals surface area contributed by atoms with Crippen LogP contribution in [0.2, 0.25) is 0 Å². The van der Waals surface area contributed by atoms with E-state index in [9.17, 15) is 9.90 Å². The van der Waals surface area contributed by atoms with E-state index in [-0.39, 0.29) is 0 Å². The summed E-state index contributed by atoms with van der Waals surface area (Å²) in [5.74, 6) is 0.617. The summed E-state index contributed by atoms with van der Waals surface area (Å²) < 4.78 is 0. The van der Waals surface area contributed by atoms with Gasteiger partial charge in [-0.2, -0.15) is 0 Å². The lowest BCUT2D eigenvalue weighted by atomic mass is 9.71. The molecule has 21 heavy (non-hydrogen) atoms. The first-order chi connectivity index (χ1) is 10.2. The second-order valence-corrected chi connectivity index (χ2v) is 7.32. The van der Waals surface area contributed by atoms with Gasteiger partial charge in [0, 0.05) is 31.5 Å². The Labute approximate surface area is 128 Å². The normalized spacial score (nSPS) is 37.1. The van der Waals surface area contributed by atoms with Crippen molar-refractivity contribution < 1.29 is 9.90 Å². The van der Waals surface area contributed by atoms with Crippen molar-refractivity contribution in [1.82, 2.24) is 10.2 Å². The van der Waals surface area contributed by atoms with Crippen LogP contribution in [-0.4, -0.2) is 47.2 Å². The highest BCUT2D eigenvalue weighted by atomic mass is 16.3. The van der Waals surface area contributed by atoms with Gasteiger partial charge < -0.3 is 15.3 Å². The van der Waals surface area contributed by atoms with Gasteiger partial charge in [-0.3, -0.25) is 4.79 Å². The second-order valence-electron chi connectivity index (χ2n) is 7.32. The van der Waals surface area contributed by atoms with Crippen LogP contribution in [0.5, 0.6) is 0 Å². The number of hydrogen-bond donors (Lipinski definition) is 2. The van der Waals surface area contributed by atoms with Crippen molar-refractivity contribution in [3.8, 4) is 0 Å². The lowest BCUT2D eigenvalue weighted by Gasteiger charge is -2.47. The van der Waals surface area contributed by atoms with Crippen molar-refractivity contribution in [3.05, 3.63) is 0 Å². The van der Waals surface area contributed by atoms with Crippen LogP contribution in [0, 0.1) is 5.92 Å². The molecule has 0 bridgehead atoms. The second kappa shape index (κ2) is 6.66. The number of hydrogen-bond acceptors (Lipinski definition) is 3. The number of rotatable bonds is 3. The minimum Gasteiger partial charge on any atom is -0.389 e. The Morgan fingerprint density at radius 2 is 2.05 bits per heavy atom. The summed E-state index contributed by atoms with van der Waals surface area (Å²) >= 11 is 0. The van der Waals surface area contributed by atoms with Gasteiger partial charge in [0.05, 0.1) is 5.60 Å². The molecule has 2 N–H and O–H groups in total. The Morgan fingerprint density at radius 1 is 1.19 bits per heavy atom. The third-order valence-corrected chi connectivity index (χ3v) is 5.90. The average Bonchev–Trinajstić information content (AvgIpc) is 2.52. The Kier molecular flexibility index (Phi) is 4.85. The van der Waals surface area contributed by atoms with E-state index >= 15 is 0 Å². The van der Waals surface area contributed by atoms with Gasteiger partial charge in [-0.1, -0.05) is 19.3 Å². The van der Waals surface area contributed by atoms with E-state index in [0.29, 0.717) is 24.3 Å². The summed E-state index contributed by atoms with van der Waals surface area (Å²) in [7, 11) is 0. The summed E-state index contributed by atoms with van der Waals surface area (Å²) in [5, 5.41) is 14.2. The monoisotopic (exact) mass is 294 g/mol. The average molecular weight is 294 g/mol. The van der Waals surface area contributed by atoms with E-state index in [0.717, 1.165) is 51.7 Å². The third-order valence-electron chi connectivity index (χ3n) is 5.90. The molecule has 2 aliphatic heterocycles. The number of carbonyl (C=O) groups excluding carboxylic acids is 1. The molecule has 4 nitrogen and oxygen atoms in total. The van der Waals surface area contributed by atoms with Gasteiger partial charge in [0.25, 0.3) is 0 Å². The highest BCUT2D eigenvalue weighted by molar-refractivity contribution is 5.76. The summed E-state index contributed by atoms with van der Waals surface area (Å²) in [6, 6.07) is 0.541. The Hall–Kier alpha value is -0.610. The van der Waals surface area contributed by atoms with Gasteiger partial charge in [0.2, 0.25) is 5.91 Å². The molecule has 4 heteroatoms. The maximum absolute atomic E-state index is 12.4. The van der Waals surface area contributed by atoms with Crippen molar-refractivity contribution in [3.63, 3.8) is 0 Å². The van der Waals surface area contributed by atoms with Crippen LogP contribution in [-0.2, 0) is 4.79 Å². The number of amides is 1. The molecule has 1 amide bonds. The zero-order valence-electron chi connectivity index (χ0n) is 13.1. The number of carbonyl (C=O) groups is 1. The number of aliphatic hydroxyl groups is 1. The van der Waals surface area contributed by atoms with Gasteiger partial charge >= 0.3 is 0 Å². The van der Waals surface area contributed by atoms with Crippen LogP contribution in [0.1, 0.15) is 64.2 Å². The van der Waals surface area contributed by atoms with Crippen molar-refractivity contribution in [1.29, 1.82) is 0 Å². The molecule has 3 fully saturated rings. The largest absolute Gasteiger partial charge is 0.389 e. The molecule has 120 valence electrons. The van der Waals surface area contributed by atoms with Crippen LogP contribution >= 0.6 is 0 Å². The maximum atomic E-state index is 12.4. The molecule has 0 aromatic carbocycles. The molecular formula is C17H30N2O2. The zero-order valence-corrected chi connectivity index (χ0v) is 13.1. The fraction of sp³-hybridized carbons (Fsp3) is 0.941. The van der Waals surface area contributed by atoms with E-state index in [1.54, 1.807) is 0 Å². The first-order valence-corrected chi connectivity index (χ1v) is 8.91. The molecule has 1 saturated carbocycles. The standard InChI is InChI=1S/C17H30N2O2/c20-16(8-7-15-6-2-4-11-18-15)19-12-10-17(21)9-3-1-5-14(17)13-19/h14-15,18,21H,1-13H2. The van der Waals surface area contributed by atoms with Crippen LogP contribution in [0.25, 0.3) is 0 Å². The molecule has 0 spiro atoms. The Bertz CT molecular complexity index is 368.